The molecular weight excluding hydrogens is 330 g/mol. The quantitative estimate of drug-likeness (QED) is 0.706. The number of aryl methyl sites for hydroxylation is 1. The summed E-state index contributed by atoms with van der Waals surface area (Å²) in [5, 5.41) is 4.14. The zero-order chi connectivity index (χ0) is 17.1. The summed E-state index contributed by atoms with van der Waals surface area (Å²) in [6, 6.07) is 12.6. The number of carbonyl (C=O) groups excluding carboxylic acids is 1. The second-order valence-electron chi connectivity index (χ2n) is 5.26. The maximum Gasteiger partial charge on any atom is 0.234 e. The monoisotopic (exact) mass is 344 g/mol. The zero-order valence-electron chi connectivity index (χ0n) is 12.8. The average Bonchev–Trinajstić information content (AvgIpc) is 2.56. The minimum absolute atomic E-state index is 0.0563. The summed E-state index contributed by atoms with van der Waals surface area (Å²) >= 11 is 1.25. The molecule has 1 heterocycles. The van der Waals surface area contributed by atoms with Crippen LogP contribution in [0.2, 0.25) is 0 Å². The van der Waals surface area contributed by atoms with Gasteiger partial charge in [-0.1, -0.05) is 30.0 Å². The Hall–Kier alpha value is -2.47. The van der Waals surface area contributed by atoms with E-state index in [1.165, 1.54) is 11.8 Å². The third kappa shape index (κ3) is 3.71. The van der Waals surface area contributed by atoms with Crippen LogP contribution in [0.15, 0.2) is 53.6 Å². The molecule has 3 aromatic rings. The number of rotatable bonds is 4. The highest BCUT2D eigenvalue weighted by molar-refractivity contribution is 7.99. The SMILES string of the molecule is Cc1cc(SCC(=O)Nc2cc(F)ccc2F)nc2ccccc12. The van der Waals surface area contributed by atoms with Crippen LogP contribution in [0.5, 0.6) is 0 Å². The van der Waals surface area contributed by atoms with Gasteiger partial charge in [0, 0.05) is 11.5 Å². The van der Waals surface area contributed by atoms with Gasteiger partial charge in [0.15, 0.2) is 0 Å². The molecule has 0 unspecified atom stereocenters. The lowest BCUT2D eigenvalue weighted by Crippen LogP contribution is -2.15. The molecule has 1 aromatic heterocycles. The van der Waals surface area contributed by atoms with Crippen LogP contribution in [0, 0.1) is 18.6 Å². The Morgan fingerprint density at radius 3 is 2.79 bits per heavy atom. The number of benzene rings is 2. The molecule has 0 aliphatic rings. The van der Waals surface area contributed by atoms with Gasteiger partial charge in [-0.3, -0.25) is 4.79 Å². The molecule has 3 nitrogen and oxygen atoms in total. The number of nitrogens with one attached hydrogen (secondary N) is 1. The van der Waals surface area contributed by atoms with Gasteiger partial charge in [0.05, 0.1) is 22.0 Å². The number of nitrogens with zero attached hydrogens (tertiary/aromatic N) is 1. The molecule has 1 amide bonds. The van der Waals surface area contributed by atoms with Crippen molar-refractivity contribution in [1.82, 2.24) is 4.98 Å². The van der Waals surface area contributed by atoms with Crippen molar-refractivity contribution in [3.05, 3.63) is 65.7 Å². The first kappa shape index (κ1) is 16.4. The summed E-state index contributed by atoms with van der Waals surface area (Å²) in [6.45, 7) is 1.98. The van der Waals surface area contributed by atoms with E-state index in [9.17, 15) is 13.6 Å². The van der Waals surface area contributed by atoms with E-state index in [-0.39, 0.29) is 11.4 Å². The van der Waals surface area contributed by atoms with Gasteiger partial charge in [-0.2, -0.15) is 0 Å². The van der Waals surface area contributed by atoms with Crippen LogP contribution in [0.4, 0.5) is 14.5 Å². The average molecular weight is 344 g/mol. The largest absolute Gasteiger partial charge is 0.323 e. The molecule has 0 aliphatic heterocycles. The van der Waals surface area contributed by atoms with Crippen molar-refractivity contribution < 1.29 is 13.6 Å². The predicted molar refractivity (Wildman–Crippen MR) is 92.2 cm³/mol. The summed E-state index contributed by atoms with van der Waals surface area (Å²) < 4.78 is 26.6. The number of pyridine rings is 1. The fourth-order valence-electron chi connectivity index (χ4n) is 2.31. The van der Waals surface area contributed by atoms with E-state index in [2.05, 4.69) is 10.3 Å². The van der Waals surface area contributed by atoms with Gasteiger partial charge in [-0.25, -0.2) is 13.8 Å². The van der Waals surface area contributed by atoms with E-state index in [1.807, 2.05) is 37.3 Å². The lowest BCUT2D eigenvalue weighted by Gasteiger charge is -2.08. The molecule has 122 valence electrons. The molecule has 6 heteroatoms. The fraction of sp³-hybridized carbons (Fsp3) is 0.111. The summed E-state index contributed by atoms with van der Waals surface area (Å²) in [7, 11) is 0. The molecule has 0 saturated heterocycles. The molecule has 1 N–H and O–H groups in total. The van der Waals surface area contributed by atoms with E-state index >= 15 is 0 Å². The van der Waals surface area contributed by atoms with Crippen LogP contribution in [-0.2, 0) is 4.79 Å². The van der Waals surface area contributed by atoms with Gasteiger partial charge in [-0.15, -0.1) is 0 Å². The predicted octanol–water partition coefficient (Wildman–Crippen LogP) is 4.55. The molecule has 0 atom stereocenters. The first-order chi connectivity index (χ1) is 11.5. The molecule has 0 saturated carbocycles. The van der Waals surface area contributed by atoms with Crippen LogP contribution < -0.4 is 5.32 Å². The molecule has 0 fully saturated rings. The highest BCUT2D eigenvalue weighted by Gasteiger charge is 2.10. The number of hydrogen-bond donors (Lipinski definition) is 1. The molecule has 0 aliphatic carbocycles. The topological polar surface area (TPSA) is 42.0 Å². The van der Waals surface area contributed by atoms with E-state index in [0.29, 0.717) is 5.03 Å². The van der Waals surface area contributed by atoms with Crippen LogP contribution in [0.1, 0.15) is 5.56 Å². The van der Waals surface area contributed by atoms with Gasteiger partial charge >= 0.3 is 0 Å². The lowest BCUT2D eigenvalue weighted by atomic mass is 10.1. The maximum atomic E-state index is 13.5. The second-order valence-corrected chi connectivity index (χ2v) is 6.25. The summed E-state index contributed by atoms with van der Waals surface area (Å²) in [5.74, 6) is -1.64. The minimum atomic E-state index is -0.672. The van der Waals surface area contributed by atoms with Crippen molar-refractivity contribution in [2.75, 3.05) is 11.1 Å². The number of fused-ring (bicyclic) bond motifs is 1. The van der Waals surface area contributed by atoms with E-state index in [4.69, 9.17) is 0 Å². The third-order valence-corrected chi connectivity index (χ3v) is 4.36. The molecule has 0 radical (unpaired) electrons. The molecule has 2 aromatic carbocycles. The highest BCUT2D eigenvalue weighted by atomic mass is 32.2. The Bertz CT molecular complexity index is 915. The van der Waals surface area contributed by atoms with Gasteiger partial charge < -0.3 is 5.32 Å². The van der Waals surface area contributed by atoms with Gasteiger partial charge in [0.1, 0.15) is 11.6 Å². The first-order valence-electron chi connectivity index (χ1n) is 7.27. The van der Waals surface area contributed by atoms with Crippen LogP contribution in [0.3, 0.4) is 0 Å². The van der Waals surface area contributed by atoms with Crippen molar-refractivity contribution in [2.24, 2.45) is 0 Å². The number of anilines is 1. The molecule has 3 rings (SSSR count). The van der Waals surface area contributed by atoms with E-state index < -0.39 is 17.5 Å². The second kappa shape index (κ2) is 6.97. The van der Waals surface area contributed by atoms with Crippen molar-refractivity contribution in [3.8, 4) is 0 Å². The van der Waals surface area contributed by atoms with Gasteiger partial charge in [0.25, 0.3) is 0 Å². The van der Waals surface area contributed by atoms with E-state index in [0.717, 1.165) is 34.7 Å². The lowest BCUT2D eigenvalue weighted by molar-refractivity contribution is -0.113. The maximum absolute atomic E-state index is 13.5. The Morgan fingerprint density at radius 1 is 1.17 bits per heavy atom. The van der Waals surface area contributed by atoms with Crippen molar-refractivity contribution in [3.63, 3.8) is 0 Å². The van der Waals surface area contributed by atoms with Gasteiger partial charge in [0.2, 0.25) is 5.91 Å². The van der Waals surface area contributed by atoms with Crippen LogP contribution in [0.25, 0.3) is 10.9 Å². The number of carbonyl (C=O) groups is 1. The number of thioether (sulfide) groups is 1. The summed E-state index contributed by atoms with van der Waals surface area (Å²) in [5.41, 5.74) is 1.76. The van der Waals surface area contributed by atoms with Crippen molar-refractivity contribution in [1.29, 1.82) is 0 Å². The summed E-state index contributed by atoms with van der Waals surface area (Å²) in [4.78, 5) is 16.4. The smallest absolute Gasteiger partial charge is 0.234 e. The highest BCUT2D eigenvalue weighted by Crippen LogP contribution is 2.24. The number of hydrogen-bond acceptors (Lipinski definition) is 3. The standard InChI is InChI=1S/C18H14F2N2OS/c1-11-8-18(22-15-5-3-2-4-13(11)15)24-10-17(23)21-16-9-12(19)6-7-14(16)20/h2-9H,10H2,1H3,(H,21,23). The zero-order valence-corrected chi connectivity index (χ0v) is 13.7. The third-order valence-electron chi connectivity index (χ3n) is 3.45. The Labute approximate surface area is 142 Å². The Balaban J connectivity index is 1.69. The Morgan fingerprint density at radius 2 is 1.96 bits per heavy atom. The molecule has 24 heavy (non-hydrogen) atoms. The number of para-hydroxylation sites is 1. The normalized spacial score (nSPS) is 10.8. The fourth-order valence-corrected chi connectivity index (χ4v) is 3.09. The number of amides is 1. The molecular formula is C18H14F2N2OS. The first-order valence-corrected chi connectivity index (χ1v) is 8.25. The Kier molecular flexibility index (Phi) is 4.76. The minimum Gasteiger partial charge on any atom is -0.323 e. The molecule has 0 spiro atoms. The number of aromatic nitrogens is 1. The molecule has 0 bridgehead atoms. The van der Waals surface area contributed by atoms with Gasteiger partial charge in [-0.05, 0) is 36.8 Å². The van der Waals surface area contributed by atoms with Crippen LogP contribution in [-0.4, -0.2) is 16.6 Å². The van der Waals surface area contributed by atoms with Crippen LogP contribution >= 0.6 is 11.8 Å². The van der Waals surface area contributed by atoms with Crippen molar-refractivity contribution >= 4 is 34.3 Å². The van der Waals surface area contributed by atoms with E-state index in [1.54, 1.807) is 0 Å². The van der Waals surface area contributed by atoms with Crippen molar-refractivity contribution in [2.45, 2.75) is 11.9 Å². The summed E-state index contributed by atoms with van der Waals surface area (Å²) in [6.07, 6.45) is 0. The number of halogens is 2.